The average Bonchev–Trinajstić information content (AvgIpc) is 3.38. The van der Waals surface area contributed by atoms with E-state index >= 15 is 0 Å². The van der Waals surface area contributed by atoms with Crippen LogP contribution in [0.4, 0.5) is 0 Å². The predicted octanol–water partition coefficient (Wildman–Crippen LogP) is 5.29. The molecule has 0 N–H and O–H groups in total. The Morgan fingerprint density at radius 1 is 1.00 bits per heavy atom. The van der Waals surface area contributed by atoms with Crippen molar-refractivity contribution >= 4 is 11.8 Å². The number of furan rings is 1. The Hall–Kier alpha value is -3.54. The lowest BCUT2D eigenvalue weighted by molar-refractivity contribution is -0.134. The van der Waals surface area contributed by atoms with Gasteiger partial charge in [0.2, 0.25) is 5.91 Å². The molecule has 1 aliphatic carbocycles. The third-order valence-corrected chi connectivity index (χ3v) is 7.56. The van der Waals surface area contributed by atoms with Crippen molar-refractivity contribution < 1.29 is 18.7 Å². The second-order valence-electron chi connectivity index (χ2n) is 10.3. The zero-order valence-corrected chi connectivity index (χ0v) is 20.7. The van der Waals surface area contributed by atoms with Crippen LogP contribution < -0.4 is 4.74 Å². The van der Waals surface area contributed by atoms with Gasteiger partial charge in [0.15, 0.2) is 5.76 Å². The molecule has 1 atom stereocenters. The molecule has 2 fully saturated rings. The van der Waals surface area contributed by atoms with Crippen LogP contribution in [-0.2, 0) is 17.8 Å². The van der Waals surface area contributed by atoms with E-state index in [-0.39, 0.29) is 30.4 Å². The Balaban J connectivity index is 1.23. The van der Waals surface area contributed by atoms with Crippen molar-refractivity contribution in [1.29, 1.82) is 0 Å². The van der Waals surface area contributed by atoms with Crippen molar-refractivity contribution in [1.82, 2.24) is 9.80 Å². The van der Waals surface area contributed by atoms with Crippen LogP contribution in [0.1, 0.15) is 70.3 Å². The Labute approximate surface area is 211 Å². The Kier molecular flexibility index (Phi) is 6.04. The normalized spacial score (nSPS) is 19.3. The highest BCUT2D eigenvalue weighted by molar-refractivity contribution is 5.91. The Bertz CT molecular complexity index is 1290. The molecule has 2 amide bonds. The van der Waals surface area contributed by atoms with Crippen molar-refractivity contribution in [3.05, 3.63) is 88.4 Å². The molecule has 2 aromatic carbocycles. The predicted molar refractivity (Wildman–Crippen MR) is 136 cm³/mol. The van der Waals surface area contributed by atoms with Crippen LogP contribution in [0.15, 0.2) is 59.0 Å². The molecule has 0 radical (unpaired) electrons. The topological polar surface area (TPSA) is 63.0 Å². The van der Waals surface area contributed by atoms with E-state index in [4.69, 9.17) is 9.15 Å². The minimum Gasteiger partial charge on any atom is -0.486 e. The highest BCUT2D eigenvalue weighted by Crippen LogP contribution is 2.41. The third kappa shape index (κ3) is 4.52. The summed E-state index contributed by atoms with van der Waals surface area (Å²) in [5.41, 5.74) is 4.70. The SMILES string of the molecule is Cc1cccc(C2c3cc(OCc4ccc(C(=O)N5CCCC5)o4)ccc3CCN2C(=O)C2CC2)c1. The molecule has 1 unspecified atom stereocenters. The number of rotatable bonds is 6. The lowest BCUT2D eigenvalue weighted by Crippen LogP contribution is -2.41. The maximum absolute atomic E-state index is 13.2. The summed E-state index contributed by atoms with van der Waals surface area (Å²) in [6.07, 6.45) is 4.94. The number of fused-ring (bicyclic) bond motifs is 1. The van der Waals surface area contributed by atoms with Crippen molar-refractivity contribution in [2.24, 2.45) is 5.92 Å². The van der Waals surface area contributed by atoms with Crippen LogP contribution >= 0.6 is 0 Å². The minimum absolute atomic E-state index is 0.0473. The summed E-state index contributed by atoms with van der Waals surface area (Å²) in [6.45, 7) is 4.66. The zero-order chi connectivity index (χ0) is 24.6. The van der Waals surface area contributed by atoms with Gasteiger partial charge in [-0.1, -0.05) is 35.9 Å². The van der Waals surface area contributed by atoms with E-state index in [0.717, 1.165) is 68.6 Å². The zero-order valence-electron chi connectivity index (χ0n) is 20.7. The van der Waals surface area contributed by atoms with Gasteiger partial charge in [-0.3, -0.25) is 9.59 Å². The molecular formula is C30H32N2O4. The van der Waals surface area contributed by atoms with E-state index in [9.17, 15) is 9.59 Å². The summed E-state index contributed by atoms with van der Waals surface area (Å²) in [4.78, 5) is 29.7. The summed E-state index contributed by atoms with van der Waals surface area (Å²) >= 11 is 0. The first kappa shape index (κ1) is 22.9. The number of hydrogen-bond donors (Lipinski definition) is 0. The number of carbonyl (C=O) groups excluding carboxylic acids is 2. The molecule has 0 spiro atoms. The number of hydrogen-bond acceptors (Lipinski definition) is 4. The van der Waals surface area contributed by atoms with Crippen LogP contribution in [0.3, 0.4) is 0 Å². The maximum Gasteiger partial charge on any atom is 0.289 e. The van der Waals surface area contributed by atoms with E-state index in [2.05, 4.69) is 48.2 Å². The highest BCUT2D eigenvalue weighted by atomic mass is 16.5. The van der Waals surface area contributed by atoms with Gasteiger partial charge in [-0.15, -0.1) is 0 Å². The molecule has 3 aliphatic rings. The number of nitrogens with zero attached hydrogens (tertiary/aromatic N) is 2. The summed E-state index contributed by atoms with van der Waals surface area (Å²) in [5.74, 6) is 2.12. The molecule has 6 nitrogen and oxygen atoms in total. The van der Waals surface area contributed by atoms with Crippen molar-refractivity contribution in [3.8, 4) is 5.75 Å². The first-order chi connectivity index (χ1) is 17.6. The van der Waals surface area contributed by atoms with Crippen LogP contribution in [-0.4, -0.2) is 41.2 Å². The first-order valence-electron chi connectivity index (χ1n) is 13.1. The fourth-order valence-electron chi connectivity index (χ4n) is 5.49. The highest BCUT2D eigenvalue weighted by Gasteiger charge is 2.39. The Morgan fingerprint density at radius 2 is 1.83 bits per heavy atom. The molecule has 3 aromatic rings. The maximum atomic E-state index is 13.2. The van der Waals surface area contributed by atoms with Crippen LogP contribution in [0, 0.1) is 12.8 Å². The van der Waals surface area contributed by atoms with Gasteiger partial charge in [0, 0.05) is 25.6 Å². The molecule has 1 aromatic heterocycles. The van der Waals surface area contributed by atoms with Crippen molar-refractivity contribution in [2.45, 2.75) is 51.7 Å². The molecule has 36 heavy (non-hydrogen) atoms. The van der Waals surface area contributed by atoms with E-state index in [1.807, 2.05) is 17.0 Å². The van der Waals surface area contributed by atoms with Crippen LogP contribution in [0.2, 0.25) is 0 Å². The molecule has 2 aliphatic heterocycles. The van der Waals surface area contributed by atoms with E-state index < -0.39 is 0 Å². The number of aryl methyl sites for hydroxylation is 1. The molecule has 6 heteroatoms. The van der Waals surface area contributed by atoms with Crippen LogP contribution in [0.5, 0.6) is 5.75 Å². The lowest BCUT2D eigenvalue weighted by atomic mass is 9.87. The molecule has 186 valence electrons. The van der Waals surface area contributed by atoms with Gasteiger partial charge in [-0.2, -0.15) is 0 Å². The second-order valence-corrected chi connectivity index (χ2v) is 10.3. The molecule has 6 rings (SSSR count). The van der Waals surface area contributed by atoms with Gasteiger partial charge in [0.1, 0.15) is 18.1 Å². The molecule has 0 bridgehead atoms. The number of likely N-dealkylation sites (tertiary alicyclic amines) is 1. The number of amides is 2. The largest absolute Gasteiger partial charge is 0.486 e. The molecule has 3 heterocycles. The Morgan fingerprint density at radius 3 is 2.61 bits per heavy atom. The lowest BCUT2D eigenvalue weighted by Gasteiger charge is -2.38. The average molecular weight is 485 g/mol. The smallest absolute Gasteiger partial charge is 0.289 e. The quantitative estimate of drug-likeness (QED) is 0.477. The van der Waals surface area contributed by atoms with Gasteiger partial charge >= 0.3 is 0 Å². The fourth-order valence-corrected chi connectivity index (χ4v) is 5.49. The van der Waals surface area contributed by atoms with Gasteiger partial charge in [0.05, 0.1) is 6.04 Å². The summed E-state index contributed by atoms with van der Waals surface area (Å²) in [7, 11) is 0. The fraction of sp³-hybridized carbons (Fsp3) is 0.400. The van der Waals surface area contributed by atoms with E-state index in [1.54, 1.807) is 6.07 Å². The van der Waals surface area contributed by atoms with E-state index in [0.29, 0.717) is 11.5 Å². The number of ether oxygens (including phenoxy) is 1. The number of carbonyl (C=O) groups is 2. The summed E-state index contributed by atoms with van der Waals surface area (Å²) in [5, 5.41) is 0. The standard InChI is InChI=1S/C30H32N2O4/c1-20-5-4-6-23(17-20)28-26-18-24(10-9-21(26)13-16-32(28)29(33)22-7-8-22)35-19-25-11-12-27(36-25)30(34)31-14-2-3-15-31/h4-6,9-12,17-18,22,28H,2-3,7-8,13-16,19H2,1H3. The summed E-state index contributed by atoms with van der Waals surface area (Å²) < 4.78 is 11.9. The van der Waals surface area contributed by atoms with Gasteiger partial charge in [-0.05, 0) is 80.0 Å². The third-order valence-electron chi connectivity index (χ3n) is 7.56. The molecule has 1 saturated heterocycles. The molecular weight excluding hydrogens is 452 g/mol. The van der Waals surface area contributed by atoms with Gasteiger partial charge < -0.3 is 19.0 Å². The van der Waals surface area contributed by atoms with E-state index in [1.165, 1.54) is 11.1 Å². The van der Waals surface area contributed by atoms with Crippen molar-refractivity contribution in [3.63, 3.8) is 0 Å². The van der Waals surface area contributed by atoms with Gasteiger partial charge in [-0.25, -0.2) is 0 Å². The number of benzene rings is 2. The van der Waals surface area contributed by atoms with Gasteiger partial charge in [0.25, 0.3) is 5.91 Å². The minimum atomic E-state index is -0.112. The second kappa shape index (κ2) is 9.49. The first-order valence-corrected chi connectivity index (χ1v) is 13.1. The summed E-state index contributed by atoms with van der Waals surface area (Å²) in [6, 6.07) is 18.1. The monoisotopic (exact) mass is 484 g/mol. The van der Waals surface area contributed by atoms with Crippen molar-refractivity contribution in [2.75, 3.05) is 19.6 Å². The van der Waals surface area contributed by atoms with Crippen LogP contribution in [0.25, 0.3) is 0 Å². The molecule has 1 saturated carbocycles.